The molecule has 0 bridgehead atoms. The minimum atomic E-state index is -3.56. The van der Waals surface area contributed by atoms with Crippen molar-refractivity contribution in [3.63, 3.8) is 0 Å². The lowest BCUT2D eigenvalue weighted by Gasteiger charge is -2.43. The zero-order valence-electron chi connectivity index (χ0n) is 37.4. The van der Waals surface area contributed by atoms with E-state index < -0.39 is 13.6 Å². The first-order valence-corrected chi connectivity index (χ1v) is 24.5. The van der Waals surface area contributed by atoms with Gasteiger partial charge in [-0.2, -0.15) is 4.98 Å². The number of para-hydroxylation sites is 1. The number of carbonyl (C=O) groups excluding carboxylic acids is 3. The summed E-state index contributed by atoms with van der Waals surface area (Å²) in [5.41, 5.74) is 5.21. The van der Waals surface area contributed by atoms with E-state index in [2.05, 4.69) is 58.8 Å². The number of nitrogens with one attached hydrogen (secondary N) is 3. The number of hydrogen-bond acceptors (Lipinski definition) is 14. The molecular weight excluding hydrogens is 869 g/mol. The maximum Gasteiger partial charge on any atom is 0.362 e. The van der Waals surface area contributed by atoms with Gasteiger partial charge in [-0.25, -0.2) is 4.98 Å². The molecule has 18 heteroatoms. The number of amides is 3. The number of piperazine rings is 1. The van der Waals surface area contributed by atoms with Crippen LogP contribution in [-0.4, -0.2) is 122 Å². The van der Waals surface area contributed by atoms with Gasteiger partial charge in [0.1, 0.15) is 16.8 Å². The van der Waals surface area contributed by atoms with Gasteiger partial charge in [-0.3, -0.25) is 29.2 Å². The van der Waals surface area contributed by atoms with Crippen LogP contribution in [0.1, 0.15) is 72.9 Å². The lowest BCUT2D eigenvalue weighted by molar-refractivity contribution is -0.136. The molecule has 0 saturated carbocycles. The molecule has 0 aliphatic carbocycles. The van der Waals surface area contributed by atoms with Gasteiger partial charge in [-0.05, 0) is 86.5 Å². The van der Waals surface area contributed by atoms with Crippen LogP contribution in [0.2, 0.25) is 5.02 Å². The summed E-state index contributed by atoms with van der Waals surface area (Å²) in [6.07, 6.45) is 9.84. The number of halogens is 1. The third kappa shape index (κ3) is 10.6. The molecule has 3 amide bonds. The van der Waals surface area contributed by atoms with E-state index in [-0.39, 0.29) is 29.2 Å². The molecule has 1 aromatic heterocycles. The second-order valence-electron chi connectivity index (χ2n) is 17.0. The van der Waals surface area contributed by atoms with Crippen LogP contribution in [0.5, 0.6) is 5.75 Å². The number of carbonyl (C=O) groups is 3. The molecule has 0 radical (unpaired) electrons. The van der Waals surface area contributed by atoms with E-state index in [4.69, 9.17) is 25.4 Å². The largest absolute Gasteiger partial charge is 0.494 e. The van der Waals surface area contributed by atoms with Gasteiger partial charge in [0, 0.05) is 89.8 Å². The Morgan fingerprint density at radius 2 is 1.62 bits per heavy atom. The number of aromatic nitrogens is 2. The molecule has 65 heavy (non-hydrogen) atoms. The molecule has 3 N–H and O–H groups in total. The molecule has 0 spiro atoms. The number of imide groups is 1. The highest BCUT2D eigenvalue weighted by molar-refractivity contribution is 7.62. The summed E-state index contributed by atoms with van der Waals surface area (Å²) in [7, 11) is 0.770. The molecule has 1 unspecified atom stereocenters. The molecule has 3 saturated heterocycles. The summed E-state index contributed by atoms with van der Waals surface area (Å²) in [4.78, 5) is 55.7. The fourth-order valence-electron chi connectivity index (χ4n) is 9.56. The van der Waals surface area contributed by atoms with Crippen LogP contribution in [0.3, 0.4) is 0 Å². The highest BCUT2D eigenvalue weighted by atomic mass is 35.5. The fourth-order valence-corrected chi connectivity index (χ4v) is 10.9. The van der Waals surface area contributed by atoms with Crippen LogP contribution in [0.4, 0.5) is 28.8 Å². The Hall–Kier alpha value is -5.09. The van der Waals surface area contributed by atoms with Crippen LogP contribution in [0, 0.1) is 0 Å². The predicted molar refractivity (Wildman–Crippen MR) is 252 cm³/mol. The van der Waals surface area contributed by atoms with E-state index in [0.717, 1.165) is 89.2 Å². The number of fused-ring (bicyclic) bond motifs is 1. The number of rotatable bonds is 18. The Bertz CT molecular complexity index is 2400. The maximum atomic E-state index is 13.2. The lowest BCUT2D eigenvalue weighted by Crippen LogP contribution is -2.53. The number of ether oxygens (including phenoxy) is 1. The third-order valence-electron chi connectivity index (χ3n) is 13.2. The molecule has 4 aliphatic heterocycles. The highest BCUT2D eigenvalue weighted by Gasteiger charge is 2.40. The number of unbranched alkanes of at least 4 members (excludes halogenated alkanes) is 3. The van der Waals surface area contributed by atoms with Crippen molar-refractivity contribution in [1.29, 1.82) is 0 Å². The van der Waals surface area contributed by atoms with Crippen molar-refractivity contribution in [3.8, 4) is 5.75 Å². The molecule has 4 aromatic rings. The van der Waals surface area contributed by atoms with Crippen molar-refractivity contribution in [2.75, 3.05) is 82.7 Å². The van der Waals surface area contributed by atoms with Gasteiger partial charge >= 0.3 is 7.60 Å². The summed E-state index contributed by atoms with van der Waals surface area (Å²) >= 11 is 6.50. The van der Waals surface area contributed by atoms with Gasteiger partial charge in [0.25, 0.3) is 5.91 Å². The second kappa shape index (κ2) is 21.0. The topological polar surface area (TPSA) is 171 Å². The molecular formula is C47H59ClN9O7P. The minimum absolute atomic E-state index is 0.108. The zero-order valence-corrected chi connectivity index (χ0v) is 39.0. The minimum Gasteiger partial charge on any atom is -0.494 e. The molecule has 346 valence electrons. The molecule has 8 rings (SSSR count). The first kappa shape index (κ1) is 46.4. The predicted octanol–water partition coefficient (Wildman–Crippen LogP) is 6.89. The summed E-state index contributed by atoms with van der Waals surface area (Å²) in [6, 6.07) is 19.0. The normalized spacial score (nSPS) is 18.8. The van der Waals surface area contributed by atoms with Crippen molar-refractivity contribution in [2.45, 2.75) is 76.4 Å². The van der Waals surface area contributed by atoms with E-state index in [0.29, 0.717) is 58.8 Å². The standard InChI is InChI=1S/C47H59ClN9O7P/c1-62-41-29-34(16-17-38(41)51-47-49-30-37(48)44(53-47)50-39-14-7-8-15-42(39)65(61,63-2)64-3)55-23-20-33(21-24-55)56-27-25-54(26-28-56)22-9-5-4-6-11-32-12-10-13-35-36(32)31-57(46(35)60)40-18-19-43(58)52-45(40)59/h7-8,10,12-17,29-30,33,40H,4-6,9,11,18-28,31H2,1-3H3,(H,52,58,59)(H2,49,50,51,53). The second-order valence-corrected chi connectivity index (χ2v) is 19.6. The average Bonchev–Trinajstić information content (AvgIpc) is 3.67. The van der Waals surface area contributed by atoms with Gasteiger partial charge in [-0.15, -0.1) is 0 Å². The van der Waals surface area contributed by atoms with Crippen molar-refractivity contribution in [1.82, 2.24) is 30.0 Å². The zero-order chi connectivity index (χ0) is 45.5. The Morgan fingerprint density at radius 3 is 2.37 bits per heavy atom. The number of aryl methyl sites for hydroxylation is 1. The van der Waals surface area contributed by atoms with E-state index in [9.17, 15) is 18.9 Å². The van der Waals surface area contributed by atoms with E-state index in [1.807, 2.05) is 18.2 Å². The fraction of sp³-hybridized carbons (Fsp3) is 0.468. The third-order valence-corrected chi connectivity index (χ3v) is 15.4. The Morgan fingerprint density at radius 1 is 0.846 bits per heavy atom. The molecule has 1 atom stereocenters. The summed E-state index contributed by atoms with van der Waals surface area (Å²) in [5.74, 6) is 0.533. The Labute approximate surface area is 385 Å². The Balaban J connectivity index is 0.753. The summed E-state index contributed by atoms with van der Waals surface area (Å²) < 4.78 is 29.5. The van der Waals surface area contributed by atoms with Gasteiger partial charge < -0.3 is 39.1 Å². The van der Waals surface area contributed by atoms with Gasteiger partial charge in [0.15, 0.2) is 5.82 Å². The van der Waals surface area contributed by atoms with Crippen molar-refractivity contribution < 1.29 is 32.7 Å². The number of methoxy groups -OCH3 is 1. The molecule has 3 fully saturated rings. The van der Waals surface area contributed by atoms with Gasteiger partial charge in [0.2, 0.25) is 17.8 Å². The first-order chi connectivity index (χ1) is 31.6. The van der Waals surface area contributed by atoms with Gasteiger partial charge in [-0.1, -0.05) is 48.7 Å². The van der Waals surface area contributed by atoms with Crippen LogP contribution < -0.4 is 30.9 Å². The van der Waals surface area contributed by atoms with Crippen LogP contribution in [0.15, 0.2) is 66.9 Å². The molecule has 4 aliphatic rings. The monoisotopic (exact) mass is 927 g/mol. The summed E-state index contributed by atoms with van der Waals surface area (Å²) in [5, 5.41) is 9.45. The molecule has 3 aromatic carbocycles. The maximum absolute atomic E-state index is 13.2. The first-order valence-electron chi connectivity index (χ1n) is 22.6. The van der Waals surface area contributed by atoms with E-state index >= 15 is 0 Å². The number of benzene rings is 3. The quantitative estimate of drug-likeness (QED) is 0.0536. The average molecular weight is 928 g/mol. The van der Waals surface area contributed by atoms with Crippen LogP contribution in [0.25, 0.3) is 0 Å². The highest BCUT2D eigenvalue weighted by Crippen LogP contribution is 2.47. The van der Waals surface area contributed by atoms with E-state index in [1.54, 1.807) is 36.3 Å². The van der Waals surface area contributed by atoms with Crippen LogP contribution >= 0.6 is 19.2 Å². The number of piperidine rings is 2. The molecule has 16 nitrogen and oxygen atoms in total. The van der Waals surface area contributed by atoms with Crippen molar-refractivity contribution >= 4 is 71.1 Å². The SMILES string of the molecule is COc1cc(N2CCC(N3CCN(CCCCCCc4cccc5c4CN(C4CCC(=O)NC4=O)C5=O)CC3)CC2)ccc1Nc1ncc(Cl)c(Nc2ccccc2P(=O)(OC)OC)n1. The van der Waals surface area contributed by atoms with Crippen LogP contribution in [-0.2, 0) is 36.2 Å². The number of hydrogen-bond donors (Lipinski definition) is 3. The number of nitrogens with zero attached hydrogens (tertiary/aromatic N) is 6. The van der Waals surface area contributed by atoms with Crippen molar-refractivity contribution in [3.05, 3.63) is 88.6 Å². The lowest BCUT2D eigenvalue weighted by atomic mass is 9.98. The van der Waals surface area contributed by atoms with E-state index in [1.165, 1.54) is 38.8 Å². The smallest absolute Gasteiger partial charge is 0.362 e. The van der Waals surface area contributed by atoms with Gasteiger partial charge in [0.05, 0.1) is 30.0 Å². The van der Waals surface area contributed by atoms with Crippen molar-refractivity contribution in [2.24, 2.45) is 0 Å². The molecule has 5 heterocycles. The number of anilines is 5. The summed E-state index contributed by atoms with van der Waals surface area (Å²) in [6.45, 7) is 7.91. The Kier molecular flexibility index (Phi) is 15.0.